The number of nitrogens with zero attached hydrogens (tertiary/aromatic N) is 1. The molecule has 1 aliphatic carbocycles. The molecule has 1 aromatic carbocycles. The van der Waals surface area contributed by atoms with E-state index in [-0.39, 0.29) is 28.0 Å². The fourth-order valence-corrected chi connectivity index (χ4v) is 7.73. The van der Waals surface area contributed by atoms with E-state index in [1.807, 2.05) is 19.9 Å². The first-order valence-electron chi connectivity index (χ1n) is 14.8. The molecule has 2 aromatic rings. The molecule has 2 aliphatic rings. The summed E-state index contributed by atoms with van der Waals surface area (Å²) in [6.45, 7) is 20.1. The van der Waals surface area contributed by atoms with Crippen LogP contribution in [0.4, 0.5) is 19.4 Å². The van der Waals surface area contributed by atoms with Gasteiger partial charge in [-0.2, -0.15) is 0 Å². The van der Waals surface area contributed by atoms with Gasteiger partial charge >= 0.3 is 10.2 Å². The SMILES string of the molecule is CC(C)c1nc2c(c(C3=CCOCC3)c1C(O)c1ccc(S(F)(F)(F)(F)F)cc1)C(O[Si](C)(C)C(C)(C)C)CC(C)(C)C2. The lowest BCUT2D eigenvalue weighted by Crippen LogP contribution is -2.44. The van der Waals surface area contributed by atoms with E-state index >= 15 is 0 Å². The van der Waals surface area contributed by atoms with E-state index in [1.165, 1.54) is 0 Å². The zero-order chi connectivity index (χ0) is 32.5. The van der Waals surface area contributed by atoms with E-state index in [1.54, 1.807) is 0 Å². The molecule has 0 spiro atoms. The first kappa shape index (κ1) is 34.1. The lowest BCUT2D eigenvalue weighted by atomic mass is 9.71. The molecule has 0 bridgehead atoms. The van der Waals surface area contributed by atoms with Crippen LogP contribution in [0, 0.1) is 5.41 Å². The van der Waals surface area contributed by atoms with Crippen LogP contribution >= 0.6 is 10.2 Å². The molecule has 0 saturated heterocycles. The molecule has 1 N–H and O–H groups in total. The Morgan fingerprint density at radius 3 is 2.16 bits per heavy atom. The Morgan fingerprint density at radius 1 is 1.07 bits per heavy atom. The summed E-state index contributed by atoms with van der Waals surface area (Å²) in [5.41, 5.74) is 4.69. The summed E-state index contributed by atoms with van der Waals surface area (Å²) in [7, 11) is -12.2. The van der Waals surface area contributed by atoms with E-state index in [9.17, 15) is 24.5 Å². The molecule has 1 aromatic heterocycles. The van der Waals surface area contributed by atoms with Gasteiger partial charge in [0.2, 0.25) is 0 Å². The molecule has 0 radical (unpaired) electrons. The Bertz CT molecular complexity index is 1420. The third kappa shape index (κ3) is 7.21. The van der Waals surface area contributed by atoms with Crippen molar-refractivity contribution in [2.45, 2.75) is 109 Å². The highest BCUT2D eigenvalue weighted by Gasteiger charge is 2.65. The number of hydrogen-bond acceptors (Lipinski definition) is 4. The van der Waals surface area contributed by atoms with Gasteiger partial charge in [-0.3, -0.25) is 4.98 Å². The molecule has 242 valence electrons. The molecule has 0 saturated carbocycles. The Kier molecular flexibility index (Phi) is 8.22. The molecular weight excluding hydrogens is 601 g/mol. The van der Waals surface area contributed by atoms with Gasteiger partial charge in [0.25, 0.3) is 0 Å². The first-order valence-corrected chi connectivity index (χ1v) is 19.7. The maximum absolute atomic E-state index is 13.5. The minimum atomic E-state index is -9.87. The number of hydrogen-bond donors (Lipinski definition) is 1. The van der Waals surface area contributed by atoms with E-state index in [0.29, 0.717) is 49.4 Å². The maximum atomic E-state index is 13.5. The quantitative estimate of drug-likeness (QED) is 0.240. The normalized spacial score (nSPS) is 22.0. The summed E-state index contributed by atoms with van der Waals surface area (Å²) in [4.78, 5) is 3.17. The third-order valence-corrected chi connectivity index (χ3v) is 14.7. The van der Waals surface area contributed by atoms with Gasteiger partial charge in [-0.25, -0.2) is 0 Å². The molecule has 4 rings (SSSR count). The van der Waals surface area contributed by atoms with Gasteiger partial charge in [0.05, 0.1) is 19.3 Å². The fraction of sp³-hybridized carbons (Fsp3) is 0.594. The Morgan fingerprint density at radius 2 is 1.67 bits per heavy atom. The number of halogens is 5. The van der Waals surface area contributed by atoms with Gasteiger partial charge < -0.3 is 14.3 Å². The highest BCUT2D eigenvalue weighted by molar-refractivity contribution is 8.45. The van der Waals surface area contributed by atoms with Crippen LogP contribution in [0.1, 0.15) is 113 Å². The molecule has 0 amide bonds. The number of fused-ring (bicyclic) bond motifs is 1. The second kappa shape index (κ2) is 10.4. The van der Waals surface area contributed by atoms with Gasteiger partial charge in [-0.15, -0.1) is 0 Å². The van der Waals surface area contributed by atoms with Crippen LogP contribution < -0.4 is 0 Å². The third-order valence-electron chi connectivity index (χ3n) is 9.08. The Labute approximate surface area is 253 Å². The van der Waals surface area contributed by atoms with Crippen molar-refractivity contribution in [1.82, 2.24) is 4.98 Å². The lowest BCUT2D eigenvalue weighted by molar-refractivity contribution is 0.105. The Hall–Kier alpha value is -1.79. The minimum Gasteiger partial charge on any atom is -0.410 e. The molecule has 2 heterocycles. The van der Waals surface area contributed by atoms with Crippen molar-refractivity contribution in [3.63, 3.8) is 0 Å². The van der Waals surface area contributed by atoms with Crippen molar-refractivity contribution in [3.05, 3.63) is 64.0 Å². The van der Waals surface area contributed by atoms with Gasteiger partial charge in [-0.05, 0) is 77.6 Å². The van der Waals surface area contributed by atoms with E-state index in [0.717, 1.165) is 40.9 Å². The highest BCUT2D eigenvalue weighted by atomic mass is 32.5. The molecular formula is C32H46F5NO3SSi. The number of benzene rings is 1. The summed E-state index contributed by atoms with van der Waals surface area (Å²) in [6.07, 6.45) is 2.29. The molecule has 43 heavy (non-hydrogen) atoms. The fourth-order valence-electron chi connectivity index (χ4n) is 5.82. The molecule has 2 unspecified atom stereocenters. The largest absolute Gasteiger partial charge is 0.410 e. The molecule has 2 atom stereocenters. The van der Waals surface area contributed by atoms with Gasteiger partial charge in [-0.1, -0.05) is 86.1 Å². The average molecular weight is 648 g/mol. The topological polar surface area (TPSA) is 51.6 Å². The van der Waals surface area contributed by atoms with E-state index < -0.39 is 29.5 Å². The number of aliphatic hydroxyl groups excluding tert-OH is 1. The minimum absolute atomic E-state index is 0.0644. The second-order valence-corrected chi connectivity index (χ2v) is 21.9. The Balaban J connectivity index is 2.01. The van der Waals surface area contributed by atoms with Gasteiger partial charge in [0, 0.05) is 22.5 Å². The summed E-state index contributed by atoms with van der Waals surface area (Å²) in [5, 5.41) is 11.9. The summed E-state index contributed by atoms with van der Waals surface area (Å²) >= 11 is 0. The number of rotatable bonds is 7. The van der Waals surface area contributed by atoms with Crippen molar-refractivity contribution < 1.29 is 33.7 Å². The smallest absolute Gasteiger partial charge is 0.310 e. The summed E-state index contributed by atoms with van der Waals surface area (Å²) in [5.74, 6) is -0.136. The molecule has 0 fully saturated rings. The van der Waals surface area contributed by atoms with E-state index in [2.05, 4.69) is 47.7 Å². The van der Waals surface area contributed by atoms with Gasteiger partial charge in [0.1, 0.15) is 11.0 Å². The highest BCUT2D eigenvalue weighted by Crippen LogP contribution is 3.02. The second-order valence-electron chi connectivity index (χ2n) is 14.7. The standard InChI is InChI=1S/C32H46F5NO3SSi/c1-20(2)29-28(30(39)22-10-12-23(13-11-22)42(33,34,35,36)37)26(21-14-16-40-17-15-21)27-24(38-29)18-32(6,7)19-25(27)41-43(8,9)31(3,4)5/h10-14,20,25,30,39H,15-19H2,1-9H3. The number of pyridine rings is 1. The average Bonchev–Trinajstić information content (AvgIpc) is 2.85. The van der Waals surface area contributed by atoms with Crippen LogP contribution in [-0.2, 0) is 15.6 Å². The first-order chi connectivity index (χ1) is 19.3. The van der Waals surface area contributed by atoms with Crippen LogP contribution in [-0.4, -0.2) is 31.6 Å². The maximum Gasteiger partial charge on any atom is 0.310 e. The number of aliphatic hydroxyl groups is 1. The van der Waals surface area contributed by atoms with Crippen molar-refractivity contribution in [1.29, 1.82) is 0 Å². The van der Waals surface area contributed by atoms with Crippen LogP contribution in [0.25, 0.3) is 5.57 Å². The van der Waals surface area contributed by atoms with Crippen molar-refractivity contribution in [2.24, 2.45) is 5.41 Å². The molecule has 4 nitrogen and oxygen atoms in total. The zero-order valence-electron chi connectivity index (χ0n) is 26.7. The van der Waals surface area contributed by atoms with Crippen molar-refractivity contribution in [2.75, 3.05) is 13.2 Å². The predicted octanol–water partition coefficient (Wildman–Crippen LogP) is 10.8. The number of aromatic nitrogens is 1. The van der Waals surface area contributed by atoms with Crippen LogP contribution in [0.5, 0.6) is 0 Å². The predicted molar refractivity (Wildman–Crippen MR) is 167 cm³/mol. The van der Waals surface area contributed by atoms with Gasteiger partial charge in [0.15, 0.2) is 8.32 Å². The van der Waals surface area contributed by atoms with E-state index in [4.69, 9.17) is 14.1 Å². The van der Waals surface area contributed by atoms with Crippen molar-refractivity contribution in [3.8, 4) is 0 Å². The lowest BCUT2D eigenvalue weighted by Gasteiger charge is -2.45. The zero-order valence-corrected chi connectivity index (χ0v) is 28.5. The summed E-state index contributed by atoms with van der Waals surface area (Å²) in [6, 6.07) is 2.60. The van der Waals surface area contributed by atoms with Crippen LogP contribution in [0.2, 0.25) is 18.1 Å². The molecule has 11 heteroatoms. The van der Waals surface area contributed by atoms with Crippen molar-refractivity contribution >= 4 is 24.1 Å². The molecule has 1 aliphatic heterocycles. The van der Waals surface area contributed by atoms with Crippen LogP contribution in [0.3, 0.4) is 0 Å². The summed E-state index contributed by atoms with van der Waals surface area (Å²) < 4.78 is 80.2. The van der Waals surface area contributed by atoms with Crippen LogP contribution in [0.15, 0.2) is 35.2 Å². The monoisotopic (exact) mass is 647 g/mol. The number of ether oxygens (including phenoxy) is 1.